The number of ether oxygens (including phenoxy) is 2. The fraction of sp³-hybridized carbons (Fsp3) is 0.158. The molecule has 0 bridgehead atoms. The van der Waals surface area contributed by atoms with Crippen molar-refractivity contribution in [2.24, 2.45) is 0 Å². The lowest BCUT2D eigenvalue weighted by Gasteiger charge is -2.18. The summed E-state index contributed by atoms with van der Waals surface area (Å²) in [5.74, 6) is 1.03. The number of carbonyl (C=O) groups is 1. The van der Waals surface area contributed by atoms with Gasteiger partial charge >= 0.3 is 0 Å². The van der Waals surface area contributed by atoms with Crippen LogP contribution in [0.15, 0.2) is 47.4 Å². The molecule has 0 aromatic heterocycles. The molecule has 0 radical (unpaired) electrons. The molecule has 1 aliphatic heterocycles. The standard InChI is InChI=1S/C19H17NO3S2/c1-12-4-6-13(7-5-12)10-17-18(21)20(19(24)25-17)15-9-8-14(22-2)11-16(15)23-3/h4-11H,1-3H3/b17-10-. The fourth-order valence-electron chi connectivity index (χ4n) is 2.46. The fourth-order valence-corrected chi connectivity index (χ4v) is 3.74. The van der Waals surface area contributed by atoms with Gasteiger partial charge in [-0.3, -0.25) is 9.69 Å². The first kappa shape index (κ1) is 17.5. The average Bonchev–Trinajstić information content (AvgIpc) is 2.90. The van der Waals surface area contributed by atoms with E-state index in [1.807, 2.05) is 37.3 Å². The van der Waals surface area contributed by atoms with Crippen LogP contribution in [0.4, 0.5) is 5.69 Å². The van der Waals surface area contributed by atoms with Gasteiger partial charge in [0.05, 0.1) is 24.8 Å². The van der Waals surface area contributed by atoms with E-state index < -0.39 is 0 Å². The van der Waals surface area contributed by atoms with E-state index in [2.05, 4.69) is 0 Å². The van der Waals surface area contributed by atoms with Crippen molar-refractivity contribution in [2.45, 2.75) is 6.92 Å². The molecule has 0 atom stereocenters. The smallest absolute Gasteiger partial charge is 0.270 e. The van der Waals surface area contributed by atoms with E-state index >= 15 is 0 Å². The third-order valence-electron chi connectivity index (χ3n) is 3.80. The molecular weight excluding hydrogens is 354 g/mol. The number of thiocarbonyl (C=S) groups is 1. The molecule has 4 nitrogen and oxygen atoms in total. The maximum Gasteiger partial charge on any atom is 0.270 e. The highest BCUT2D eigenvalue weighted by molar-refractivity contribution is 8.27. The van der Waals surface area contributed by atoms with Gasteiger partial charge in [0.15, 0.2) is 4.32 Å². The maximum absolute atomic E-state index is 12.9. The SMILES string of the molecule is COc1ccc(N2C(=O)/C(=C/c3ccc(C)cc3)SC2=S)c(OC)c1. The zero-order chi connectivity index (χ0) is 18.0. The van der Waals surface area contributed by atoms with Crippen molar-refractivity contribution < 1.29 is 14.3 Å². The molecule has 0 spiro atoms. The van der Waals surface area contributed by atoms with Crippen molar-refractivity contribution in [2.75, 3.05) is 19.1 Å². The summed E-state index contributed by atoms with van der Waals surface area (Å²) in [5, 5.41) is 0. The van der Waals surface area contributed by atoms with E-state index in [9.17, 15) is 4.79 Å². The van der Waals surface area contributed by atoms with Crippen LogP contribution in [-0.4, -0.2) is 24.4 Å². The highest BCUT2D eigenvalue weighted by Gasteiger charge is 2.35. The van der Waals surface area contributed by atoms with E-state index in [0.29, 0.717) is 26.4 Å². The molecule has 1 heterocycles. The van der Waals surface area contributed by atoms with Crippen molar-refractivity contribution in [3.8, 4) is 11.5 Å². The monoisotopic (exact) mass is 371 g/mol. The first-order valence-electron chi connectivity index (χ1n) is 7.60. The quantitative estimate of drug-likeness (QED) is 0.588. The molecule has 0 N–H and O–H groups in total. The zero-order valence-electron chi connectivity index (χ0n) is 14.1. The molecular formula is C19H17NO3S2. The summed E-state index contributed by atoms with van der Waals surface area (Å²) in [7, 11) is 3.14. The molecule has 1 amide bonds. The second-order valence-electron chi connectivity index (χ2n) is 5.47. The predicted molar refractivity (Wildman–Crippen MR) is 106 cm³/mol. The van der Waals surface area contributed by atoms with Gasteiger partial charge in [-0.15, -0.1) is 0 Å². The molecule has 2 aromatic rings. The molecule has 128 valence electrons. The first-order chi connectivity index (χ1) is 12.0. The normalized spacial score (nSPS) is 15.8. The third kappa shape index (κ3) is 3.55. The summed E-state index contributed by atoms with van der Waals surface area (Å²) < 4.78 is 11.1. The third-order valence-corrected chi connectivity index (χ3v) is 5.10. The minimum atomic E-state index is -0.154. The van der Waals surface area contributed by atoms with E-state index in [0.717, 1.165) is 5.56 Å². The van der Waals surface area contributed by atoms with Gasteiger partial charge in [-0.2, -0.15) is 0 Å². The van der Waals surface area contributed by atoms with Crippen LogP contribution in [0.25, 0.3) is 6.08 Å². The number of amides is 1. The van der Waals surface area contributed by atoms with Gasteiger partial charge in [-0.05, 0) is 30.7 Å². The molecule has 1 aliphatic rings. The van der Waals surface area contributed by atoms with E-state index in [-0.39, 0.29) is 5.91 Å². The Morgan fingerprint density at radius 2 is 1.80 bits per heavy atom. The highest BCUT2D eigenvalue weighted by atomic mass is 32.2. The van der Waals surface area contributed by atoms with Crippen molar-refractivity contribution in [1.29, 1.82) is 0 Å². The summed E-state index contributed by atoms with van der Waals surface area (Å²) in [6, 6.07) is 13.3. The summed E-state index contributed by atoms with van der Waals surface area (Å²) in [6.45, 7) is 2.03. The Hall–Kier alpha value is -2.31. The first-order valence-corrected chi connectivity index (χ1v) is 8.82. The van der Waals surface area contributed by atoms with Crippen molar-refractivity contribution in [3.63, 3.8) is 0 Å². The molecule has 3 rings (SSSR count). The van der Waals surface area contributed by atoms with E-state index in [1.54, 1.807) is 32.4 Å². The second-order valence-corrected chi connectivity index (χ2v) is 7.14. The predicted octanol–water partition coefficient (Wildman–Crippen LogP) is 4.42. The van der Waals surface area contributed by atoms with Crippen LogP contribution in [0.5, 0.6) is 11.5 Å². The summed E-state index contributed by atoms with van der Waals surface area (Å²) in [4.78, 5) is 15.0. The van der Waals surface area contributed by atoms with Gasteiger partial charge in [0.2, 0.25) is 0 Å². The number of carbonyl (C=O) groups excluding carboxylic acids is 1. The number of rotatable bonds is 4. The summed E-state index contributed by atoms with van der Waals surface area (Å²) in [6.07, 6.45) is 1.86. The molecule has 1 fully saturated rings. The van der Waals surface area contributed by atoms with Crippen LogP contribution in [0.3, 0.4) is 0 Å². The van der Waals surface area contributed by atoms with Gasteiger partial charge < -0.3 is 9.47 Å². The number of methoxy groups -OCH3 is 2. The van der Waals surface area contributed by atoms with Crippen molar-refractivity contribution in [3.05, 3.63) is 58.5 Å². The lowest BCUT2D eigenvalue weighted by atomic mass is 10.1. The molecule has 2 aromatic carbocycles. The van der Waals surface area contributed by atoms with Crippen LogP contribution in [-0.2, 0) is 4.79 Å². The summed E-state index contributed by atoms with van der Waals surface area (Å²) in [5.41, 5.74) is 2.75. The Kier molecular flexibility index (Phi) is 5.11. The number of nitrogens with zero attached hydrogens (tertiary/aromatic N) is 1. The molecule has 0 aliphatic carbocycles. The molecule has 0 unspecified atom stereocenters. The van der Waals surface area contributed by atoms with Crippen LogP contribution in [0.1, 0.15) is 11.1 Å². The van der Waals surface area contributed by atoms with Gasteiger partial charge in [0.25, 0.3) is 5.91 Å². The van der Waals surface area contributed by atoms with Crippen LogP contribution < -0.4 is 14.4 Å². The molecule has 0 saturated carbocycles. The second kappa shape index (κ2) is 7.29. The van der Waals surface area contributed by atoms with E-state index in [1.165, 1.54) is 22.2 Å². The van der Waals surface area contributed by atoms with Gasteiger partial charge in [0, 0.05) is 6.07 Å². The minimum absolute atomic E-state index is 0.154. The molecule has 6 heteroatoms. The Morgan fingerprint density at radius 1 is 1.08 bits per heavy atom. The number of thioether (sulfide) groups is 1. The van der Waals surface area contributed by atoms with Gasteiger partial charge in [-0.1, -0.05) is 53.8 Å². The Bertz CT molecular complexity index is 859. The van der Waals surface area contributed by atoms with Crippen LogP contribution >= 0.6 is 24.0 Å². The van der Waals surface area contributed by atoms with Gasteiger partial charge in [0.1, 0.15) is 11.5 Å². The largest absolute Gasteiger partial charge is 0.497 e. The van der Waals surface area contributed by atoms with Crippen molar-refractivity contribution >= 4 is 46.0 Å². The van der Waals surface area contributed by atoms with Crippen LogP contribution in [0.2, 0.25) is 0 Å². The zero-order valence-corrected chi connectivity index (χ0v) is 15.7. The average molecular weight is 371 g/mol. The number of benzene rings is 2. The number of hydrogen-bond donors (Lipinski definition) is 0. The van der Waals surface area contributed by atoms with Gasteiger partial charge in [-0.25, -0.2) is 0 Å². The van der Waals surface area contributed by atoms with Crippen LogP contribution in [0, 0.1) is 6.92 Å². The topological polar surface area (TPSA) is 38.8 Å². The highest BCUT2D eigenvalue weighted by Crippen LogP contribution is 2.41. The number of anilines is 1. The Balaban J connectivity index is 1.95. The molecule has 1 saturated heterocycles. The Morgan fingerprint density at radius 3 is 2.44 bits per heavy atom. The number of aryl methyl sites for hydroxylation is 1. The number of hydrogen-bond acceptors (Lipinski definition) is 5. The maximum atomic E-state index is 12.9. The van der Waals surface area contributed by atoms with Crippen molar-refractivity contribution in [1.82, 2.24) is 0 Å². The van der Waals surface area contributed by atoms with E-state index in [4.69, 9.17) is 21.7 Å². The minimum Gasteiger partial charge on any atom is -0.497 e. The summed E-state index contributed by atoms with van der Waals surface area (Å²) >= 11 is 6.71. The molecule has 25 heavy (non-hydrogen) atoms. The lowest BCUT2D eigenvalue weighted by Crippen LogP contribution is -2.27. The lowest BCUT2D eigenvalue weighted by molar-refractivity contribution is -0.113. The Labute approximate surface area is 156 Å².